The molecule has 1 saturated heterocycles. The van der Waals surface area contributed by atoms with Gasteiger partial charge in [-0.05, 0) is 0 Å². The van der Waals surface area contributed by atoms with Crippen molar-refractivity contribution < 1.29 is 21.7 Å². The smallest absolute Gasteiger partial charge is 0.219 e. The van der Waals surface area contributed by atoms with Gasteiger partial charge in [0, 0.05) is 12.5 Å². The predicted molar refractivity (Wildman–Crippen MR) is 68.3 cm³/mol. The SMILES string of the molecule is CC(=O)N1CC[N+](C)(Cc2ccccc2)CC1.[Cl-]. The van der Waals surface area contributed by atoms with Crippen molar-refractivity contribution in [3.8, 4) is 0 Å². The van der Waals surface area contributed by atoms with E-state index in [9.17, 15) is 4.79 Å². The number of carbonyl (C=O) groups is 1. The largest absolute Gasteiger partial charge is 1.00 e. The third kappa shape index (κ3) is 3.72. The van der Waals surface area contributed by atoms with Crippen molar-refractivity contribution in [2.75, 3.05) is 33.2 Å². The third-order valence-corrected chi connectivity index (χ3v) is 3.67. The second-order valence-corrected chi connectivity index (χ2v) is 5.22. The highest BCUT2D eigenvalue weighted by Crippen LogP contribution is 2.15. The molecule has 0 radical (unpaired) electrons. The van der Waals surface area contributed by atoms with E-state index in [1.54, 1.807) is 6.92 Å². The Bertz CT molecular complexity index is 386. The van der Waals surface area contributed by atoms with Gasteiger partial charge in [0.25, 0.3) is 0 Å². The number of piperazine rings is 1. The average Bonchev–Trinajstić information content (AvgIpc) is 2.30. The number of benzene rings is 1. The van der Waals surface area contributed by atoms with E-state index in [4.69, 9.17) is 0 Å². The van der Waals surface area contributed by atoms with E-state index >= 15 is 0 Å². The number of hydrogen-bond donors (Lipinski definition) is 0. The van der Waals surface area contributed by atoms with Crippen LogP contribution < -0.4 is 12.4 Å². The molecule has 2 rings (SSSR count). The van der Waals surface area contributed by atoms with Gasteiger partial charge in [0.2, 0.25) is 5.91 Å². The van der Waals surface area contributed by atoms with E-state index in [0.717, 1.165) is 37.2 Å². The maximum Gasteiger partial charge on any atom is 0.219 e. The fraction of sp³-hybridized carbons (Fsp3) is 0.500. The van der Waals surface area contributed by atoms with Gasteiger partial charge in [-0.15, -0.1) is 0 Å². The van der Waals surface area contributed by atoms with Crippen molar-refractivity contribution >= 4 is 5.91 Å². The minimum Gasteiger partial charge on any atom is -1.00 e. The van der Waals surface area contributed by atoms with Gasteiger partial charge in [-0.2, -0.15) is 0 Å². The summed E-state index contributed by atoms with van der Waals surface area (Å²) in [5, 5.41) is 0. The summed E-state index contributed by atoms with van der Waals surface area (Å²) in [6.07, 6.45) is 0. The van der Waals surface area contributed by atoms with Crippen LogP contribution in [0.25, 0.3) is 0 Å². The van der Waals surface area contributed by atoms with Crippen molar-refractivity contribution in [2.24, 2.45) is 0 Å². The molecule has 4 heteroatoms. The zero-order valence-corrected chi connectivity index (χ0v) is 11.9. The highest BCUT2D eigenvalue weighted by Gasteiger charge is 2.29. The Labute approximate surface area is 115 Å². The van der Waals surface area contributed by atoms with E-state index in [0.29, 0.717) is 0 Å². The first-order chi connectivity index (χ1) is 8.09. The molecule has 0 aliphatic carbocycles. The van der Waals surface area contributed by atoms with E-state index in [2.05, 4.69) is 37.4 Å². The van der Waals surface area contributed by atoms with Gasteiger partial charge in [-0.1, -0.05) is 30.3 Å². The summed E-state index contributed by atoms with van der Waals surface area (Å²) in [7, 11) is 2.28. The molecule has 1 aliphatic rings. The van der Waals surface area contributed by atoms with E-state index in [-0.39, 0.29) is 18.3 Å². The molecule has 0 N–H and O–H groups in total. The molecule has 3 nitrogen and oxygen atoms in total. The number of carbonyl (C=O) groups excluding carboxylic acids is 1. The normalized spacial score (nSPS) is 18.0. The van der Waals surface area contributed by atoms with E-state index < -0.39 is 0 Å². The van der Waals surface area contributed by atoms with Crippen LogP contribution in [0.15, 0.2) is 30.3 Å². The van der Waals surface area contributed by atoms with Crippen molar-refractivity contribution in [3.63, 3.8) is 0 Å². The first-order valence-corrected chi connectivity index (χ1v) is 6.22. The topological polar surface area (TPSA) is 20.3 Å². The fourth-order valence-corrected chi connectivity index (χ4v) is 2.45. The monoisotopic (exact) mass is 268 g/mol. The molecule has 0 atom stereocenters. The molecular weight excluding hydrogens is 248 g/mol. The Hall–Kier alpha value is -1.06. The molecule has 1 aromatic rings. The van der Waals surface area contributed by atoms with Crippen LogP contribution in [-0.2, 0) is 11.3 Å². The van der Waals surface area contributed by atoms with E-state index in [1.807, 2.05) is 4.90 Å². The maximum atomic E-state index is 11.3. The molecule has 100 valence electrons. The number of halogens is 1. The summed E-state index contributed by atoms with van der Waals surface area (Å²) in [6, 6.07) is 10.6. The van der Waals surface area contributed by atoms with E-state index in [1.165, 1.54) is 5.56 Å². The molecule has 1 aliphatic heterocycles. The van der Waals surface area contributed by atoms with Crippen molar-refractivity contribution in [1.82, 2.24) is 4.90 Å². The minimum absolute atomic E-state index is 0. The third-order valence-electron chi connectivity index (χ3n) is 3.67. The number of nitrogens with zero attached hydrogens (tertiary/aromatic N) is 2. The van der Waals surface area contributed by atoms with Crippen LogP contribution in [-0.4, -0.2) is 48.5 Å². The van der Waals surface area contributed by atoms with Gasteiger partial charge in [0.1, 0.15) is 6.54 Å². The highest BCUT2D eigenvalue weighted by molar-refractivity contribution is 5.73. The Balaban J connectivity index is 0.00000162. The zero-order chi connectivity index (χ0) is 12.3. The second-order valence-electron chi connectivity index (χ2n) is 5.22. The predicted octanol–water partition coefficient (Wildman–Crippen LogP) is -1.50. The molecule has 0 saturated carbocycles. The molecule has 0 bridgehead atoms. The van der Waals surface area contributed by atoms with Crippen LogP contribution in [0.4, 0.5) is 0 Å². The first kappa shape index (κ1) is 15.0. The summed E-state index contributed by atoms with van der Waals surface area (Å²) in [5.41, 5.74) is 1.38. The lowest BCUT2D eigenvalue weighted by molar-refractivity contribution is -0.926. The summed E-state index contributed by atoms with van der Waals surface area (Å²) in [6.45, 7) is 6.60. The lowest BCUT2D eigenvalue weighted by atomic mass is 10.1. The summed E-state index contributed by atoms with van der Waals surface area (Å²) >= 11 is 0. The molecule has 1 heterocycles. The summed E-state index contributed by atoms with van der Waals surface area (Å²) in [4.78, 5) is 13.2. The van der Waals surface area contributed by atoms with Gasteiger partial charge in [-0.3, -0.25) is 4.79 Å². The maximum absolute atomic E-state index is 11.3. The van der Waals surface area contributed by atoms with Crippen LogP contribution in [0.5, 0.6) is 0 Å². The summed E-state index contributed by atoms with van der Waals surface area (Å²) in [5.74, 6) is 0.205. The van der Waals surface area contributed by atoms with Crippen LogP contribution in [0.1, 0.15) is 12.5 Å². The molecule has 1 amide bonds. The lowest BCUT2D eigenvalue weighted by Gasteiger charge is -2.41. The van der Waals surface area contributed by atoms with Crippen molar-refractivity contribution in [2.45, 2.75) is 13.5 Å². The molecular formula is C14H21ClN2O. The molecule has 1 aromatic carbocycles. The minimum atomic E-state index is 0. The van der Waals surface area contributed by atoms with Gasteiger partial charge in [-0.25, -0.2) is 0 Å². The molecule has 1 fully saturated rings. The second kappa shape index (κ2) is 6.21. The van der Waals surface area contributed by atoms with Crippen LogP contribution >= 0.6 is 0 Å². The van der Waals surface area contributed by atoms with Gasteiger partial charge in [0.15, 0.2) is 0 Å². The lowest BCUT2D eigenvalue weighted by Crippen LogP contribution is -3.00. The van der Waals surface area contributed by atoms with Gasteiger partial charge >= 0.3 is 0 Å². The van der Waals surface area contributed by atoms with Gasteiger partial charge in [0.05, 0.1) is 33.2 Å². The Morgan fingerprint density at radius 3 is 2.28 bits per heavy atom. The van der Waals surface area contributed by atoms with Crippen LogP contribution in [0.3, 0.4) is 0 Å². The number of hydrogen-bond acceptors (Lipinski definition) is 1. The fourth-order valence-electron chi connectivity index (χ4n) is 2.45. The molecule has 0 aromatic heterocycles. The first-order valence-electron chi connectivity index (χ1n) is 6.22. The average molecular weight is 269 g/mol. The van der Waals surface area contributed by atoms with Crippen molar-refractivity contribution in [1.29, 1.82) is 0 Å². The zero-order valence-electron chi connectivity index (χ0n) is 11.1. The Morgan fingerprint density at radius 2 is 1.78 bits per heavy atom. The van der Waals surface area contributed by atoms with Crippen molar-refractivity contribution in [3.05, 3.63) is 35.9 Å². The van der Waals surface area contributed by atoms with Gasteiger partial charge < -0.3 is 21.8 Å². The number of likely N-dealkylation sites (N-methyl/N-ethyl adjacent to an activating group) is 1. The number of rotatable bonds is 2. The van der Waals surface area contributed by atoms with Crippen LogP contribution in [0, 0.1) is 0 Å². The standard InChI is InChI=1S/C14H21N2O.ClH/c1-13(17)15-8-10-16(2,11-9-15)12-14-6-4-3-5-7-14;/h3-7H,8-12H2,1-2H3;1H/q+1;/p-1. The summed E-state index contributed by atoms with van der Waals surface area (Å²) < 4.78 is 1.04. The quantitative estimate of drug-likeness (QED) is 0.598. The highest BCUT2D eigenvalue weighted by atomic mass is 35.5. The Morgan fingerprint density at radius 1 is 1.22 bits per heavy atom. The molecule has 18 heavy (non-hydrogen) atoms. The molecule has 0 spiro atoms. The van der Waals surface area contributed by atoms with Crippen LogP contribution in [0.2, 0.25) is 0 Å². The number of quaternary nitrogens is 1. The number of amides is 1. The Kier molecular flexibility index (Phi) is 5.17. The molecule has 0 unspecified atom stereocenters.